The highest BCUT2D eigenvalue weighted by Crippen LogP contribution is 2.41. The van der Waals surface area contributed by atoms with Crippen molar-refractivity contribution in [2.75, 3.05) is 6.61 Å². The number of ether oxygens (including phenoxy) is 2. The monoisotopic (exact) mass is 348 g/mol. The molecule has 0 fully saturated rings. The van der Waals surface area contributed by atoms with Crippen molar-refractivity contribution in [3.8, 4) is 16.9 Å². The van der Waals surface area contributed by atoms with Crippen molar-refractivity contribution in [3.63, 3.8) is 0 Å². The molecular weight excluding hydrogens is 324 g/mol. The van der Waals surface area contributed by atoms with Crippen LogP contribution in [0, 0.1) is 0 Å². The van der Waals surface area contributed by atoms with Crippen LogP contribution in [0.15, 0.2) is 36.9 Å². The Hall–Kier alpha value is -2.55. The molecule has 2 aliphatic rings. The molecule has 0 N–H and O–H groups in total. The van der Waals surface area contributed by atoms with Gasteiger partial charge in [0.25, 0.3) is 0 Å². The number of carbonyl (C=O) groups excluding carboxylic acids is 1. The van der Waals surface area contributed by atoms with E-state index >= 15 is 0 Å². The van der Waals surface area contributed by atoms with Crippen LogP contribution in [0.25, 0.3) is 16.9 Å². The molecule has 134 valence electrons. The minimum Gasteiger partial charge on any atom is -0.494 e. The molecule has 26 heavy (non-hydrogen) atoms. The predicted molar refractivity (Wildman–Crippen MR) is 103 cm³/mol. The van der Waals surface area contributed by atoms with Gasteiger partial charge in [-0.2, -0.15) is 0 Å². The van der Waals surface area contributed by atoms with Crippen LogP contribution in [0.4, 0.5) is 0 Å². The number of ketones is 1. The van der Waals surface area contributed by atoms with Crippen LogP contribution in [0.1, 0.15) is 59.7 Å². The molecule has 3 nitrogen and oxygen atoms in total. The fourth-order valence-corrected chi connectivity index (χ4v) is 3.72. The number of carbonyl (C=O) groups is 1. The lowest BCUT2D eigenvalue weighted by Crippen LogP contribution is -2.13. The zero-order chi connectivity index (χ0) is 18.1. The Morgan fingerprint density at radius 2 is 2.00 bits per heavy atom. The fourth-order valence-electron chi connectivity index (χ4n) is 3.72. The van der Waals surface area contributed by atoms with E-state index in [-0.39, 0.29) is 5.78 Å². The molecule has 0 saturated heterocycles. The molecule has 4 rings (SSSR count). The Bertz CT molecular complexity index is 879. The maximum absolute atomic E-state index is 12.2. The highest BCUT2D eigenvalue weighted by atomic mass is 16.5. The summed E-state index contributed by atoms with van der Waals surface area (Å²) in [7, 11) is 0. The van der Waals surface area contributed by atoms with Crippen molar-refractivity contribution >= 4 is 11.5 Å². The largest absolute Gasteiger partial charge is 0.494 e. The third-order valence-corrected chi connectivity index (χ3v) is 5.23. The van der Waals surface area contributed by atoms with Gasteiger partial charge in [-0.25, -0.2) is 0 Å². The number of benzene rings is 2. The molecule has 0 unspecified atom stereocenters. The quantitative estimate of drug-likeness (QED) is 0.525. The summed E-state index contributed by atoms with van der Waals surface area (Å²) >= 11 is 0. The van der Waals surface area contributed by atoms with Gasteiger partial charge in [0.15, 0.2) is 5.78 Å². The predicted octanol–water partition coefficient (Wildman–Crippen LogP) is 5.55. The molecule has 2 aromatic rings. The van der Waals surface area contributed by atoms with Gasteiger partial charge in [0, 0.05) is 23.1 Å². The van der Waals surface area contributed by atoms with E-state index in [0.29, 0.717) is 25.4 Å². The van der Waals surface area contributed by atoms with Gasteiger partial charge in [-0.3, -0.25) is 4.79 Å². The second-order valence-electron chi connectivity index (χ2n) is 7.07. The van der Waals surface area contributed by atoms with Crippen LogP contribution in [0.3, 0.4) is 0 Å². The van der Waals surface area contributed by atoms with Gasteiger partial charge >= 0.3 is 0 Å². The van der Waals surface area contributed by atoms with Crippen molar-refractivity contribution in [2.45, 2.75) is 45.6 Å². The molecule has 0 radical (unpaired) electrons. The summed E-state index contributed by atoms with van der Waals surface area (Å²) in [5, 5.41) is 0. The Kier molecular flexibility index (Phi) is 4.54. The molecule has 2 aromatic carbocycles. The first-order chi connectivity index (χ1) is 12.7. The molecule has 1 aliphatic heterocycles. The molecule has 0 atom stereocenters. The number of hydrogen-bond donors (Lipinski definition) is 0. The zero-order valence-corrected chi connectivity index (χ0v) is 15.3. The van der Waals surface area contributed by atoms with Crippen molar-refractivity contribution in [1.29, 1.82) is 0 Å². The lowest BCUT2D eigenvalue weighted by Gasteiger charge is -2.25. The van der Waals surface area contributed by atoms with Gasteiger partial charge in [-0.15, -0.1) is 0 Å². The average molecular weight is 348 g/mol. The molecule has 0 aromatic heterocycles. The summed E-state index contributed by atoms with van der Waals surface area (Å²) in [6.45, 7) is 7.41. The molecule has 0 spiro atoms. The average Bonchev–Trinajstić information content (AvgIpc) is 2.66. The molecule has 0 amide bonds. The van der Waals surface area contributed by atoms with Crippen LogP contribution in [0.2, 0.25) is 0 Å². The van der Waals surface area contributed by atoms with Crippen LogP contribution in [0.5, 0.6) is 5.75 Å². The summed E-state index contributed by atoms with van der Waals surface area (Å²) in [5.41, 5.74) is 6.39. The van der Waals surface area contributed by atoms with Crippen LogP contribution in [-0.2, 0) is 17.8 Å². The summed E-state index contributed by atoms with van der Waals surface area (Å²) in [6.07, 6.45) is 4.68. The molecule has 0 saturated carbocycles. The van der Waals surface area contributed by atoms with Crippen LogP contribution >= 0.6 is 0 Å². The lowest BCUT2D eigenvalue weighted by molar-refractivity contribution is 0.0972. The van der Waals surface area contributed by atoms with E-state index in [0.717, 1.165) is 59.3 Å². The van der Waals surface area contributed by atoms with E-state index in [1.807, 2.05) is 6.07 Å². The number of rotatable bonds is 5. The van der Waals surface area contributed by atoms with Gasteiger partial charge in [0.05, 0.1) is 6.61 Å². The third kappa shape index (κ3) is 3.03. The lowest BCUT2D eigenvalue weighted by atomic mass is 9.86. The Balaban J connectivity index is 1.66. The van der Waals surface area contributed by atoms with Gasteiger partial charge in [-0.05, 0) is 54.2 Å². The van der Waals surface area contributed by atoms with Gasteiger partial charge < -0.3 is 9.47 Å². The van der Waals surface area contributed by atoms with Gasteiger partial charge in [-0.1, -0.05) is 32.1 Å². The highest BCUT2D eigenvalue weighted by molar-refractivity contribution is 6.00. The van der Waals surface area contributed by atoms with Crippen molar-refractivity contribution in [1.82, 2.24) is 0 Å². The summed E-state index contributed by atoms with van der Waals surface area (Å²) in [4.78, 5) is 12.2. The maximum atomic E-state index is 12.2. The number of fused-ring (bicyclic) bond motifs is 4. The summed E-state index contributed by atoms with van der Waals surface area (Å²) < 4.78 is 11.7. The van der Waals surface area contributed by atoms with E-state index in [9.17, 15) is 4.79 Å². The fraction of sp³-hybridized carbons (Fsp3) is 0.348. The first kappa shape index (κ1) is 16.9. The standard InChI is InChI=1S/C23H24O3/c1-3-4-10-25-15(2)16-8-9-19-18(11-16)14-26-23-13-20-17(12-21(19)23)6-5-7-22(20)24/h8-9,11-13H,2-7,10,14H2,1H3. The normalized spacial score (nSPS) is 14.7. The smallest absolute Gasteiger partial charge is 0.163 e. The first-order valence-corrected chi connectivity index (χ1v) is 9.45. The second kappa shape index (κ2) is 6.99. The third-order valence-electron chi connectivity index (χ3n) is 5.23. The summed E-state index contributed by atoms with van der Waals surface area (Å²) in [5.74, 6) is 1.76. The topological polar surface area (TPSA) is 35.5 Å². The molecule has 1 heterocycles. The molecule has 1 aliphatic carbocycles. The molecule has 0 bridgehead atoms. The Morgan fingerprint density at radius 1 is 1.12 bits per heavy atom. The Morgan fingerprint density at radius 3 is 2.85 bits per heavy atom. The minimum atomic E-state index is 0.235. The van der Waals surface area contributed by atoms with Crippen LogP contribution in [-0.4, -0.2) is 12.4 Å². The van der Waals surface area contributed by atoms with E-state index < -0.39 is 0 Å². The molecule has 3 heteroatoms. The maximum Gasteiger partial charge on any atom is 0.163 e. The first-order valence-electron chi connectivity index (χ1n) is 9.45. The van der Waals surface area contributed by atoms with E-state index in [1.54, 1.807) is 0 Å². The molecular formula is C23H24O3. The Labute approximate surface area is 154 Å². The summed E-state index contributed by atoms with van der Waals surface area (Å²) in [6, 6.07) is 10.4. The SMILES string of the molecule is C=C(OCCCC)c1ccc2c(c1)COc1cc3c(cc1-2)CCCC3=O. The van der Waals surface area contributed by atoms with Crippen LogP contribution < -0.4 is 4.74 Å². The number of Topliss-reactive ketones (excluding diaryl/α,β-unsaturated/α-hetero) is 1. The highest BCUT2D eigenvalue weighted by Gasteiger charge is 2.24. The van der Waals surface area contributed by atoms with Gasteiger partial charge in [0.1, 0.15) is 18.1 Å². The van der Waals surface area contributed by atoms with E-state index in [1.165, 1.54) is 5.56 Å². The number of aryl methyl sites for hydroxylation is 1. The van der Waals surface area contributed by atoms with Crippen molar-refractivity contribution in [3.05, 3.63) is 59.2 Å². The van der Waals surface area contributed by atoms with E-state index in [4.69, 9.17) is 9.47 Å². The number of unbranched alkanes of at least 4 members (excludes halogenated alkanes) is 1. The number of hydrogen-bond acceptors (Lipinski definition) is 3. The van der Waals surface area contributed by atoms with Gasteiger partial charge in [0.2, 0.25) is 0 Å². The van der Waals surface area contributed by atoms with E-state index in [2.05, 4.69) is 37.8 Å². The van der Waals surface area contributed by atoms with Crippen molar-refractivity contribution in [2.24, 2.45) is 0 Å². The second-order valence-corrected chi connectivity index (χ2v) is 7.07. The minimum absolute atomic E-state index is 0.235. The van der Waals surface area contributed by atoms with Crippen molar-refractivity contribution < 1.29 is 14.3 Å². The zero-order valence-electron chi connectivity index (χ0n) is 15.3.